The molecule has 4 aliphatic carbocycles. The Kier molecular flexibility index (Phi) is 9.31. The highest BCUT2D eigenvalue weighted by Gasteiger charge is 2.45. The summed E-state index contributed by atoms with van der Waals surface area (Å²) in [5.74, 6) is 0.181. The maximum absolute atomic E-state index is 2.62. The fourth-order valence-corrected chi connectivity index (χ4v) is 17.7. The van der Waals surface area contributed by atoms with E-state index in [1.54, 1.807) is 0 Å². The molecular weight excluding hydrogens is 965 g/mol. The van der Waals surface area contributed by atoms with E-state index in [9.17, 15) is 0 Å². The molecular formula is C75H60S2. The highest BCUT2D eigenvalue weighted by Crippen LogP contribution is 2.61. The standard InChI is InChI=1S/C75H60S2/c1-72(2)56-32-34-66-70(50-22-14-16-24-64(50)76-66)68(56)54-40-60-52(38-62(54)72)48-30-27-42(36-58(48)74(60,5)6)26-29-46(47-21-13-12-20-45(47)43-18-10-9-11-19-43)44-28-31-49-53-39-63-55(41-61(53)75(7,8)59(49)37-44)69-57(73(63,3)4)33-35-67-71(69)51-23-15-17-25-65(51)77-67/h9-25,27-28,30-41,46H,26,29H2,1-8H3. The van der Waals surface area contributed by atoms with Crippen LogP contribution in [0.1, 0.15) is 129 Å². The van der Waals surface area contributed by atoms with Crippen molar-refractivity contribution in [3.8, 4) is 55.6 Å². The van der Waals surface area contributed by atoms with Crippen LogP contribution in [0.2, 0.25) is 0 Å². The molecule has 0 fully saturated rings. The summed E-state index contributed by atoms with van der Waals surface area (Å²) in [7, 11) is 0. The van der Waals surface area contributed by atoms with Crippen LogP contribution in [-0.2, 0) is 28.1 Å². The lowest BCUT2D eigenvalue weighted by Gasteiger charge is -2.26. The second-order valence-corrected chi connectivity index (χ2v) is 27.2. The van der Waals surface area contributed by atoms with Crippen molar-refractivity contribution in [2.75, 3.05) is 0 Å². The minimum absolute atomic E-state index is 0.0968. The summed E-state index contributed by atoms with van der Waals surface area (Å²) in [4.78, 5) is 0. The average Bonchev–Trinajstić information content (AvgIpc) is 4.42. The van der Waals surface area contributed by atoms with Crippen LogP contribution in [0, 0.1) is 0 Å². The van der Waals surface area contributed by atoms with Crippen LogP contribution in [-0.4, -0.2) is 0 Å². The highest BCUT2D eigenvalue weighted by molar-refractivity contribution is 7.26. The Balaban J connectivity index is 0.784. The number of benzene rings is 10. The molecule has 77 heavy (non-hydrogen) atoms. The van der Waals surface area contributed by atoms with Crippen LogP contribution in [0.4, 0.5) is 0 Å². The topological polar surface area (TPSA) is 0 Å². The largest absolute Gasteiger partial charge is 0.135 e. The molecule has 0 nitrogen and oxygen atoms in total. The molecule has 0 N–H and O–H groups in total. The zero-order valence-electron chi connectivity index (χ0n) is 45.2. The molecule has 1 unspecified atom stereocenters. The fraction of sp³-hybridized carbons (Fsp3) is 0.200. The van der Waals surface area contributed by atoms with Crippen molar-refractivity contribution in [1.82, 2.24) is 0 Å². The SMILES string of the molecule is CC1(C)c2cc(CCC(c3ccc4c(c3)C(C)(C)c3cc5c(cc3-4)C(C)(C)c3ccc4sc6ccccc6c4c3-5)c3ccccc3-c3ccccc3)ccc2-c2cc3c(cc21)-c1c(ccc2sc4ccccc4c12)C3(C)C. The minimum atomic E-state index is -0.182. The van der Waals surface area contributed by atoms with E-state index in [0.717, 1.165) is 12.8 Å². The van der Waals surface area contributed by atoms with Gasteiger partial charge in [-0.15, -0.1) is 22.7 Å². The van der Waals surface area contributed by atoms with Crippen molar-refractivity contribution in [2.45, 2.75) is 95.8 Å². The molecule has 0 radical (unpaired) electrons. The van der Waals surface area contributed by atoms with Gasteiger partial charge >= 0.3 is 0 Å². The maximum Gasteiger partial charge on any atom is 0.0361 e. The van der Waals surface area contributed by atoms with Gasteiger partial charge in [-0.2, -0.15) is 0 Å². The summed E-state index contributed by atoms with van der Waals surface area (Å²) in [5.41, 5.74) is 29.2. The summed E-state index contributed by atoms with van der Waals surface area (Å²) < 4.78 is 5.49. The number of rotatable bonds is 6. The van der Waals surface area contributed by atoms with E-state index >= 15 is 0 Å². The molecule has 10 aromatic carbocycles. The van der Waals surface area contributed by atoms with Gasteiger partial charge in [-0.05, 0) is 178 Å². The minimum Gasteiger partial charge on any atom is -0.135 e. The normalized spacial score (nSPS) is 16.5. The molecule has 2 aromatic heterocycles. The molecule has 1 atom stereocenters. The third kappa shape index (κ3) is 6.15. The Morgan fingerprint density at radius 3 is 1.38 bits per heavy atom. The van der Waals surface area contributed by atoms with E-state index < -0.39 is 0 Å². The first-order valence-electron chi connectivity index (χ1n) is 27.9. The van der Waals surface area contributed by atoms with Crippen LogP contribution in [0.5, 0.6) is 0 Å². The number of thiophene rings is 2. The van der Waals surface area contributed by atoms with Gasteiger partial charge in [-0.3, -0.25) is 0 Å². The number of fused-ring (bicyclic) bond motifs is 20. The zero-order valence-corrected chi connectivity index (χ0v) is 46.8. The number of hydrogen-bond donors (Lipinski definition) is 0. The Morgan fingerprint density at radius 2 is 0.792 bits per heavy atom. The van der Waals surface area contributed by atoms with Crippen LogP contribution in [0.3, 0.4) is 0 Å². The Hall–Kier alpha value is -7.36. The lowest BCUT2D eigenvalue weighted by atomic mass is 9.77. The predicted molar refractivity (Wildman–Crippen MR) is 331 cm³/mol. The predicted octanol–water partition coefficient (Wildman–Crippen LogP) is 21.1. The van der Waals surface area contributed by atoms with Gasteiger partial charge in [0.2, 0.25) is 0 Å². The monoisotopic (exact) mass is 1020 g/mol. The van der Waals surface area contributed by atoms with Crippen molar-refractivity contribution in [2.24, 2.45) is 0 Å². The van der Waals surface area contributed by atoms with E-state index in [-0.39, 0.29) is 27.6 Å². The smallest absolute Gasteiger partial charge is 0.0361 e. The second-order valence-electron chi connectivity index (χ2n) is 25.0. The number of hydrogen-bond acceptors (Lipinski definition) is 2. The van der Waals surface area contributed by atoms with Crippen molar-refractivity contribution in [3.63, 3.8) is 0 Å². The van der Waals surface area contributed by atoms with Gasteiger partial charge in [-0.1, -0.05) is 195 Å². The summed E-state index contributed by atoms with van der Waals surface area (Å²) in [5, 5.41) is 5.61. The molecule has 4 aliphatic rings. The zero-order chi connectivity index (χ0) is 52.1. The van der Waals surface area contributed by atoms with Crippen LogP contribution < -0.4 is 0 Å². The molecule has 12 aromatic rings. The molecule has 0 aliphatic heterocycles. The lowest BCUT2D eigenvalue weighted by Crippen LogP contribution is -2.17. The molecule has 0 bridgehead atoms. The summed E-state index contributed by atoms with van der Waals surface area (Å²) in [6.07, 6.45) is 1.97. The second kappa shape index (κ2) is 15.7. The third-order valence-electron chi connectivity index (χ3n) is 19.6. The van der Waals surface area contributed by atoms with E-state index in [1.165, 1.54) is 157 Å². The maximum atomic E-state index is 2.62. The Labute approximate surface area is 460 Å². The van der Waals surface area contributed by atoms with Gasteiger partial charge in [0.15, 0.2) is 0 Å². The molecule has 16 rings (SSSR count). The van der Waals surface area contributed by atoms with E-state index in [1.807, 2.05) is 22.7 Å². The first-order valence-corrected chi connectivity index (χ1v) is 29.5. The third-order valence-corrected chi connectivity index (χ3v) is 21.9. The first-order chi connectivity index (χ1) is 37.2. The summed E-state index contributed by atoms with van der Waals surface area (Å²) in [6.45, 7) is 19.7. The molecule has 0 saturated heterocycles. The van der Waals surface area contributed by atoms with Crippen LogP contribution in [0.25, 0.3) is 96.0 Å². The molecule has 0 amide bonds. The molecule has 0 saturated carbocycles. The Morgan fingerprint density at radius 1 is 0.338 bits per heavy atom. The van der Waals surface area contributed by atoms with E-state index in [4.69, 9.17) is 0 Å². The van der Waals surface area contributed by atoms with Gasteiger partial charge < -0.3 is 0 Å². The van der Waals surface area contributed by atoms with Crippen LogP contribution >= 0.6 is 22.7 Å². The molecule has 372 valence electrons. The number of aryl methyl sites for hydroxylation is 1. The fourth-order valence-electron chi connectivity index (χ4n) is 15.5. The first kappa shape index (κ1) is 45.8. The van der Waals surface area contributed by atoms with E-state index in [0.29, 0.717) is 0 Å². The van der Waals surface area contributed by atoms with E-state index in [2.05, 4.69) is 243 Å². The average molecular weight is 1030 g/mol. The van der Waals surface area contributed by atoms with Crippen molar-refractivity contribution >= 4 is 63.0 Å². The Bertz CT molecular complexity index is 4560. The van der Waals surface area contributed by atoms with Crippen molar-refractivity contribution in [3.05, 3.63) is 249 Å². The summed E-state index contributed by atoms with van der Waals surface area (Å²) in [6, 6.07) is 73.4. The summed E-state index contributed by atoms with van der Waals surface area (Å²) >= 11 is 3.85. The highest BCUT2D eigenvalue weighted by atomic mass is 32.1. The van der Waals surface area contributed by atoms with Crippen LogP contribution in [0.15, 0.2) is 188 Å². The quantitative estimate of drug-likeness (QED) is 0.156. The van der Waals surface area contributed by atoms with Crippen molar-refractivity contribution < 1.29 is 0 Å². The molecule has 2 heterocycles. The lowest BCUT2D eigenvalue weighted by molar-refractivity contribution is 0.647. The molecule has 0 spiro atoms. The van der Waals surface area contributed by atoms with Gasteiger partial charge in [-0.25, -0.2) is 0 Å². The van der Waals surface area contributed by atoms with Gasteiger partial charge in [0.05, 0.1) is 0 Å². The molecule has 2 heteroatoms. The van der Waals surface area contributed by atoms with Gasteiger partial charge in [0.1, 0.15) is 0 Å². The van der Waals surface area contributed by atoms with Crippen molar-refractivity contribution in [1.29, 1.82) is 0 Å². The van der Waals surface area contributed by atoms with Gasteiger partial charge in [0.25, 0.3) is 0 Å². The van der Waals surface area contributed by atoms with Gasteiger partial charge in [0, 0.05) is 67.9 Å².